The lowest BCUT2D eigenvalue weighted by atomic mass is 10.2. The van der Waals surface area contributed by atoms with Crippen molar-refractivity contribution in [2.24, 2.45) is 0 Å². The minimum Gasteiger partial charge on any atom is -0.490 e. The minimum absolute atomic E-state index is 0.207. The number of sulfonamides is 1. The number of nitrogens with zero attached hydrogens (tertiary/aromatic N) is 1. The summed E-state index contributed by atoms with van der Waals surface area (Å²) in [6.07, 6.45) is 0. The Morgan fingerprint density at radius 2 is 2.05 bits per heavy atom. The van der Waals surface area contributed by atoms with Gasteiger partial charge in [0, 0.05) is 24.8 Å². The van der Waals surface area contributed by atoms with Crippen LogP contribution in [0.1, 0.15) is 6.92 Å². The quantitative estimate of drug-likeness (QED) is 0.821. The first-order valence-electron chi connectivity index (χ1n) is 6.68. The van der Waals surface area contributed by atoms with Gasteiger partial charge in [-0.2, -0.15) is 0 Å². The second-order valence-electron chi connectivity index (χ2n) is 5.06. The average molecular weight is 298 g/mol. The summed E-state index contributed by atoms with van der Waals surface area (Å²) in [5.74, 6) is 0.422. The highest BCUT2D eigenvalue weighted by Crippen LogP contribution is 2.31. The third-order valence-corrected chi connectivity index (χ3v) is 5.07. The van der Waals surface area contributed by atoms with Crippen molar-refractivity contribution >= 4 is 15.7 Å². The fourth-order valence-corrected chi connectivity index (χ4v) is 3.78. The SMILES string of the molecule is C[C@@H]1COc2cc(N3CCOCC3)ccc2S(=O)(=O)N1. The van der Waals surface area contributed by atoms with Gasteiger partial charge in [-0.3, -0.25) is 0 Å². The molecule has 0 bridgehead atoms. The Hall–Kier alpha value is -1.31. The van der Waals surface area contributed by atoms with Crippen LogP contribution >= 0.6 is 0 Å². The summed E-state index contributed by atoms with van der Waals surface area (Å²) in [7, 11) is -3.49. The molecule has 0 radical (unpaired) electrons. The van der Waals surface area contributed by atoms with Gasteiger partial charge in [-0.1, -0.05) is 0 Å². The topological polar surface area (TPSA) is 67.9 Å². The van der Waals surface area contributed by atoms with Gasteiger partial charge in [0.2, 0.25) is 10.0 Å². The van der Waals surface area contributed by atoms with Crippen molar-refractivity contribution in [3.8, 4) is 5.75 Å². The van der Waals surface area contributed by atoms with Gasteiger partial charge >= 0.3 is 0 Å². The molecule has 0 saturated carbocycles. The predicted octanol–water partition coefficient (Wildman–Crippen LogP) is 0.582. The number of hydrogen-bond donors (Lipinski definition) is 1. The first-order chi connectivity index (χ1) is 9.56. The molecule has 3 rings (SSSR count). The monoisotopic (exact) mass is 298 g/mol. The Kier molecular flexibility index (Phi) is 3.57. The van der Waals surface area contributed by atoms with E-state index in [4.69, 9.17) is 9.47 Å². The van der Waals surface area contributed by atoms with Gasteiger partial charge in [0.25, 0.3) is 0 Å². The van der Waals surface area contributed by atoms with E-state index in [2.05, 4.69) is 9.62 Å². The Balaban J connectivity index is 1.96. The number of morpholine rings is 1. The molecule has 0 aliphatic carbocycles. The van der Waals surface area contributed by atoms with Gasteiger partial charge in [-0.05, 0) is 19.1 Å². The Morgan fingerprint density at radius 3 is 2.80 bits per heavy atom. The molecule has 0 aromatic heterocycles. The van der Waals surface area contributed by atoms with E-state index in [1.54, 1.807) is 19.1 Å². The van der Waals surface area contributed by atoms with E-state index in [-0.39, 0.29) is 10.9 Å². The largest absolute Gasteiger partial charge is 0.490 e. The lowest BCUT2D eigenvalue weighted by molar-refractivity contribution is 0.122. The van der Waals surface area contributed by atoms with Crippen LogP contribution < -0.4 is 14.4 Å². The normalized spacial score (nSPS) is 25.4. The summed E-state index contributed by atoms with van der Waals surface area (Å²) in [4.78, 5) is 2.38. The van der Waals surface area contributed by atoms with E-state index in [0.29, 0.717) is 25.6 Å². The summed E-state index contributed by atoms with van der Waals surface area (Å²) in [5.41, 5.74) is 0.969. The minimum atomic E-state index is -3.49. The number of rotatable bonds is 1. The van der Waals surface area contributed by atoms with Crippen molar-refractivity contribution in [3.63, 3.8) is 0 Å². The molecule has 1 fully saturated rings. The van der Waals surface area contributed by atoms with Crippen molar-refractivity contribution in [2.45, 2.75) is 17.9 Å². The Morgan fingerprint density at radius 1 is 1.30 bits per heavy atom. The van der Waals surface area contributed by atoms with Crippen LogP contribution in [0.15, 0.2) is 23.1 Å². The first kappa shape index (κ1) is 13.7. The number of ether oxygens (including phenoxy) is 2. The molecule has 0 amide bonds. The van der Waals surface area contributed by atoms with Crippen LogP contribution in [0, 0.1) is 0 Å². The molecule has 2 aliphatic heterocycles. The van der Waals surface area contributed by atoms with Crippen LogP contribution in [-0.2, 0) is 14.8 Å². The summed E-state index contributed by atoms with van der Waals surface area (Å²) in [6, 6.07) is 5.00. The van der Waals surface area contributed by atoms with Crippen LogP contribution in [0.25, 0.3) is 0 Å². The second-order valence-corrected chi connectivity index (χ2v) is 6.75. The van der Waals surface area contributed by atoms with Crippen molar-refractivity contribution < 1.29 is 17.9 Å². The van der Waals surface area contributed by atoms with Gasteiger partial charge < -0.3 is 14.4 Å². The van der Waals surface area contributed by atoms with Crippen LogP contribution in [0.3, 0.4) is 0 Å². The Labute approximate surface area is 118 Å². The predicted molar refractivity (Wildman–Crippen MR) is 74.8 cm³/mol. The first-order valence-corrected chi connectivity index (χ1v) is 8.16. The maximum absolute atomic E-state index is 12.2. The van der Waals surface area contributed by atoms with Gasteiger partial charge in [0.1, 0.15) is 17.3 Å². The van der Waals surface area contributed by atoms with E-state index < -0.39 is 10.0 Å². The summed E-state index contributed by atoms with van der Waals surface area (Å²) >= 11 is 0. The smallest absolute Gasteiger partial charge is 0.244 e. The molecule has 110 valence electrons. The molecule has 1 aromatic carbocycles. The molecule has 2 aliphatic rings. The third-order valence-electron chi connectivity index (χ3n) is 3.44. The third kappa shape index (κ3) is 2.61. The average Bonchev–Trinajstić information content (AvgIpc) is 2.56. The van der Waals surface area contributed by atoms with Gasteiger partial charge in [-0.15, -0.1) is 0 Å². The second kappa shape index (κ2) is 5.23. The number of anilines is 1. The highest BCUT2D eigenvalue weighted by Gasteiger charge is 2.27. The molecule has 6 nitrogen and oxygen atoms in total. The van der Waals surface area contributed by atoms with Crippen molar-refractivity contribution in [2.75, 3.05) is 37.8 Å². The van der Waals surface area contributed by atoms with Crippen molar-refractivity contribution in [1.29, 1.82) is 0 Å². The Bertz CT molecular complexity index is 596. The molecule has 7 heteroatoms. The zero-order valence-corrected chi connectivity index (χ0v) is 12.1. The highest BCUT2D eigenvalue weighted by molar-refractivity contribution is 7.89. The zero-order valence-electron chi connectivity index (χ0n) is 11.3. The number of benzene rings is 1. The van der Waals surface area contributed by atoms with Crippen LogP contribution in [0.5, 0.6) is 5.75 Å². The van der Waals surface area contributed by atoms with Crippen LogP contribution in [0.4, 0.5) is 5.69 Å². The van der Waals surface area contributed by atoms with Gasteiger partial charge in [-0.25, -0.2) is 13.1 Å². The van der Waals surface area contributed by atoms with E-state index >= 15 is 0 Å². The lowest BCUT2D eigenvalue weighted by Gasteiger charge is -2.29. The molecule has 1 saturated heterocycles. The van der Waals surface area contributed by atoms with E-state index in [1.165, 1.54) is 0 Å². The molecular weight excluding hydrogens is 280 g/mol. The molecule has 0 spiro atoms. The summed E-state index contributed by atoms with van der Waals surface area (Å²) in [5, 5.41) is 0. The molecule has 2 heterocycles. The van der Waals surface area contributed by atoms with E-state index in [0.717, 1.165) is 18.8 Å². The molecular formula is C13H18N2O4S. The van der Waals surface area contributed by atoms with E-state index in [1.807, 2.05) is 6.07 Å². The molecule has 1 N–H and O–H groups in total. The maximum Gasteiger partial charge on any atom is 0.244 e. The highest BCUT2D eigenvalue weighted by atomic mass is 32.2. The molecule has 20 heavy (non-hydrogen) atoms. The lowest BCUT2D eigenvalue weighted by Crippen LogP contribution is -2.36. The van der Waals surface area contributed by atoms with Crippen LogP contribution in [0.2, 0.25) is 0 Å². The number of fused-ring (bicyclic) bond motifs is 1. The standard InChI is InChI=1S/C13H18N2O4S/c1-10-9-19-12-8-11(15-4-6-18-7-5-15)2-3-13(12)20(16,17)14-10/h2-3,8,10,14H,4-7,9H2,1H3/t10-/m1/s1. The fraction of sp³-hybridized carbons (Fsp3) is 0.538. The van der Waals surface area contributed by atoms with Gasteiger partial charge in [0.15, 0.2) is 0 Å². The van der Waals surface area contributed by atoms with Crippen LogP contribution in [-0.4, -0.2) is 47.4 Å². The molecule has 0 unspecified atom stereocenters. The molecule has 1 atom stereocenters. The maximum atomic E-state index is 12.2. The number of hydrogen-bond acceptors (Lipinski definition) is 5. The number of nitrogens with one attached hydrogen (secondary N) is 1. The zero-order chi connectivity index (χ0) is 14.2. The summed E-state index contributed by atoms with van der Waals surface area (Å²) in [6.45, 7) is 5.11. The van der Waals surface area contributed by atoms with Gasteiger partial charge in [0.05, 0.1) is 19.3 Å². The van der Waals surface area contributed by atoms with Crippen molar-refractivity contribution in [3.05, 3.63) is 18.2 Å². The summed E-state index contributed by atoms with van der Waals surface area (Å²) < 4.78 is 37.9. The van der Waals surface area contributed by atoms with E-state index in [9.17, 15) is 8.42 Å². The van der Waals surface area contributed by atoms with Crippen molar-refractivity contribution in [1.82, 2.24) is 4.72 Å². The fourth-order valence-electron chi connectivity index (χ4n) is 2.43. The molecule has 1 aromatic rings.